The van der Waals surface area contributed by atoms with Gasteiger partial charge in [0.05, 0.1) is 6.42 Å². The highest BCUT2D eigenvalue weighted by molar-refractivity contribution is 5.87. The Morgan fingerprint density at radius 3 is 2.17 bits per heavy atom. The van der Waals surface area contributed by atoms with Crippen LogP contribution in [-0.2, 0) is 9.59 Å². The summed E-state index contributed by atoms with van der Waals surface area (Å²) in [5.74, 6) is -2.61. The number of carboxylic acids is 2. The first-order chi connectivity index (χ1) is 5.42. The zero-order chi connectivity index (χ0) is 9.78. The molecule has 12 heavy (non-hydrogen) atoms. The third-order valence-corrected chi connectivity index (χ3v) is 1.21. The molecule has 1 unspecified atom stereocenters. The third kappa shape index (κ3) is 2.71. The Kier molecular flexibility index (Phi) is 3.43. The van der Waals surface area contributed by atoms with E-state index in [9.17, 15) is 9.59 Å². The van der Waals surface area contributed by atoms with Crippen LogP contribution in [-0.4, -0.2) is 27.7 Å². The molecular weight excluding hydrogens is 162 g/mol. The molecule has 5 nitrogen and oxygen atoms in total. The minimum absolute atomic E-state index is 0.663. The number of aliphatic carboxylic acids is 2. The van der Waals surface area contributed by atoms with Gasteiger partial charge < -0.3 is 15.9 Å². The van der Waals surface area contributed by atoms with Crippen molar-refractivity contribution >= 4 is 11.9 Å². The van der Waals surface area contributed by atoms with E-state index in [1.807, 2.05) is 0 Å². The molecule has 0 heterocycles. The standard InChI is InChI=1S/C7H9NO4/c1-2-7(8,6(11)12)4-3-5(9)10/h2-4H,1,8H2,(H,9,10)(H,11,12). The Balaban J connectivity index is 4.25. The van der Waals surface area contributed by atoms with Crippen LogP contribution in [0, 0.1) is 12.8 Å². The zero-order valence-corrected chi connectivity index (χ0v) is 6.23. The molecule has 0 aliphatic heterocycles. The molecule has 0 rings (SSSR count). The minimum Gasteiger partial charge on any atom is -0.481 e. The van der Waals surface area contributed by atoms with E-state index >= 15 is 0 Å². The number of nitrogens with two attached hydrogens (primary N) is 1. The van der Waals surface area contributed by atoms with Crippen molar-refractivity contribution in [2.75, 3.05) is 0 Å². The summed E-state index contributed by atoms with van der Waals surface area (Å²) in [5.41, 5.74) is 3.41. The Morgan fingerprint density at radius 2 is 1.92 bits per heavy atom. The van der Waals surface area contributed by atoms with Crippen molar-refractivity contribution < 1.29 is 19.8 Å². The van der Waals surface area contributed by atoms with Crippen molar-refractivity contribution in [3.63, 3.8) is 0 Å². The molecule has 4 N–H and O–H groups in total. The Hall–Kier alpha value is -1.36. The smallest absolute Gasteiger partial charge is 0.328 e. The average Bonchev–Trinajstić information content (AvgIpc) is 1.99. The first kappa shape index (κ1) is 10.6. The Labute approximate surface area is 69.5 Å². The Bertz CT molecular complexity index is 213. The van der Waals surface area contributed by atoms with Crippen molar-refractivity contribution in [3.05, 3.63) is 25.5 Å². The maximum atomic E-state index is 10.4. The van der Waals surface area contributed by atoms with E-state index in [0.29, 0.717) is 6.42 Å². The normalized spacial score (nSPS) is 14.8. The number of hydrogen-bond acceptors (Lipinski definition) is 3. The van der Waals surface area contributed by atoms with Crippen LogP contribution >= 0.6 is 0 Å². The molecular formula is C7H9NO4. The van der Waals surface area contributed by atoms with Gasteiger partial charge in [0.1, 0.15) is 5.54 Å². The van der Waals surface area contributed by atoms with Crippen molar-refractivity contribution in [3.8, 4) is 0 Å². The van der Waals surface area contributed by atoms with Crippen LogP contribution in [0.25, 0.3) is 0 Å². The van der Waals surface area contributed by atoms with Crippen LogP contribution in [0.15, 0.2) is 12.7 Å². The maximum Gasteiger partial charge on any atom is 0.328 e. The maximum absolute atomic E-state index is 10.4. The van der Waals surface area contributed by atoms with Gasteiger partial charge in [-0.25, -0.2) is 4.79 Å². The monoisotopic (exact) mass is 171 g/mol. The highest BCUT2D eigenvalue weighted by atomic mass is 16.4. The molecule has 0 fully saturated rings. The average molecular weight is 171 g/mol. The lowest BCUT2D eigenvalue weighted by Crippen LogP contribution is -2.46. The first-order valence-corrected chi connectivity index (χ1v) is 3.00. The van der Waals surface area contributed by atoms with Crippen LogP contribution in [0.5, 0.6) is 0 Å². The molecule has 0 aromatic heterocycles. The third-order valence-electron chi connectivity index (χ3n) is 1.21. The van der Waals surface area contributed by atoms with E-state index in [-0.39, 0.29) is 0 Å². The second kappa shape index (κ2) is 3.87. The highest BCUT2D eigenvalue weighted by Crippen LogP contribution is 2.08. The molecule has 66 valence electrons. The number of carboxylic acid groups (broad SMARTS) is 2. The molecule has 0 saturated carbocycles. The second-order valence-electron chi connectivity index (χ2n) is 2.11. The zero-order valence-electron chi connectivity index (χ0n) is 6.23. The van der Waals surface area contributed by atoms with Crippen LogP contribution in [0.3, 0.4) is 0 Å². The fourth-order valence-electron chi connectivity index (χ4n) is 0.436. The van der Waals surface area contributed by atoms with E-state index in [4.69, 9.17) is 15.9 Å². The molecule has 1 atom stereocenters. The lowest BCUT2D eigenvalue weighted by molar-refractivity contribution is -0.140. The van der Waals surface area contributed by atoms with Crippen LogP contribution in [0.2, 0.25) is 0 Å². The fraction of sp³-hybridized carbons (Fsp3) is 0.143. The molecule has 0 saturated heterocycles. The molecule has 0 spiro atoms. The second-order valence-corrected chi connectivity index (χ2v) is 2.11. The minimum atomic E-state index is -1.81. The van der Waals surface area contributed by atoms with Crippen LogP contribution in [0.1, 0.15) is 0 Å². The van der Waals surface area contributed by atoms with Gasteiger partial charge in [0, 0.05) is 6.42 Å². The van der Waals surface area contributed by atoms with Crippen LogP contribution < -0.4 is 5.73 Å². The molecule has 0 aromatic rings. The topological polar surface area (TPSA) is 101 Å². The summed E-state index contributed by atoms with van der Waals surface area (Å²) in [5, 5.41) is 16.7. The summed E-state index contributed by atoms with van der Waals surface area (Å²) in [4.78, 5) is 20.4. The fourth-order valence-corrected chi connectivity index (χ4v) is 0.436. The highest BCUT2D eigenvalue weighted by Gasteiger charge is 2.31. The summed E-state index contributed by atoms with van der Waals surface area (Å²) in [6, 6.07) is 0. The van der Waals surface area contributed by atoms with E-state index < -0.39 is 17.5 Å². The van der Waals surface area contributed by atoms with Gasteiger partial charge >= 0.3 is 11.9 Å². The number of hydrogen-bond donors (Lipinski definition) is 3. The molecule has 0 amide bonds. The van der Waals surface area contributed by atoms with Gasteiger partial charge in [-0.2, -0.15) is 0 Å². The number of carbonyl (C=O) groups is 2. The van der Waals surface area contributed by atoms with Gasteiger partial charge in [-0.3, -0.25) is 4.79 Å². The summed E-state index contributed by atoms with van der Waals surface area (Å²) < 4.78 is 0. The quantitative estimate of drug-likeness (QED) is 0.482. The van der Waals surface area contributed by atoms with Gasteiger partial charge in [-0.05, 0) is 0 Å². The van der Waals surface area contributed by atoms with Crippen molar-refractivity contribution in [1.29, 1.82) is 0 Å². The lowest BCUT2D eigenvalue weighted by Gasteiger charge is -2.17. The molecule has 5 heteroatoms. The summed E-state index contributed by atoms with van der Waals surface area (Å²) in [6.45, 7) is 3.18. The summed E-state index contributed by atoms with van der Waals surface area (Å²) >= 11 is 0. The molecule has 0 aliphatic carbocycles. The van der Waals surface area contributed by atoms with Crippen molar-refractivity contribution in [2.24, 2.45) is 5.73 Å². The van der Waals surface area contributed by atoms with Crippen molar-refractivity contribution in [2.45, 2.75) is 5.54 Å². The SMILES string of the molecule is C=CC(N)([CH][CH]C(=O)O)C(=O)O. The molecule has 0 aliphatic rings. The first-order valence-electron chi connectivity index (χ1n) is 3.00. The van der Waals surface area contributed by atoms with Crippen LogP contribution in [0.4, 0.5) is 0 Å². The van der Waals surface area contributed by atoms with E-state index in [1.165, 1.54) is 0 Å². The van der Waals surface area contributed by atoms with Gasteiger partial charge in [0.2, 0.25) is 0 Å². The molecule has 0 bridgehead atoms. The Morgan fingerprint density at radius 1 is 1.42 bits per heavy atom. The van der Waals surface area contributed by atoms with Gasteiger partial charge in [0.25, 0.3) is 0 Å². The lowest BCUT2D eigenvalue weighted by atomic mass is 9.95. The molecule has 0 aromatic carbocycles. The van der Waals surface area contributed by atoms with E-state index in [2.05, 4.69) is 6.58 Å². The van der Waals surface area contributed by atoms with E-state index in [0.717, 1.165) is 12.5 Å². The number of rotatable bonds is 5. The predicted molar refractivity (Wildman–Crippen MR) is 41.0 cm³/mol. The molecule has 2 radical (unpaired) electrons. The van der Waals surface area contributed by atoms with Gasteiger partial charge in [-0.15, -0.1) is 6.58 Å². The van der Waals surface area contributed by atoms with Crippen molar-refractivity contribution in [1.82, 2.24) is 0 Å². The van der Waals surface area contributed by atoms with Gasteiger partial charge in [-0.1, -0.05) is 6.08 Å². The van der Waals surface area contributed by atoms with Gasteiger partial charge in [0.15, 0.2) is 0 Å². The summed E-state index contributed by atoms with van der Waals surface area (Å²) in [7, 11) is 0. The predicted octanol–water partition coefficient (Wildman–Crippen LogP) is -0.552. The van der Waals surface area contributed by atoms with E-state index in [1.54, 1.807) is 0 Å². The largest absolute Gasteiger partial charge is 0.481 e. The summed E-state index contributed by atoms with van der Waals surface area (Å²) in [6.07, 6.45) is 2.47.